The number of hydrogen-bond acceptors (Lipinski definition) is 3. The number of nitrogens with one attached hydrogen (secondary N) is 1. The minimum Gasteiger partial charge on any atom is -0.480 e. The topological polar surface area (TPSA) is 92.4 Å². The average molecular weight is 391 g/mol. The molecular weight excluding hydrogens is 372 g/mol. The van der Waals surface area contributed by atoms with E-state index in [1.807, 2.05) is 54.6 Å². The third kappa shape index (κ3) is 5.47. The summed E-state index contributed by atoms with van der Waals surface area (Å²) >= 11 is 3.33. The van der Waals surface area contributed by atoms with E-state index >= 15 is 0 Å². The van der Waals surface area contributed by atoms with Crippen LogP contribution >= 0.6 is 15.9 Å². The Hall–Kier alpha value is -2.18. The number of hydrogen-bond donors (Lipinski definition) is 3. The van der Waals surface area contributed by atoms with Gasteiger partial charge in [0.2, 0.25) is 5.91 Å². The first kappa shape index (κ1) is 18.2. The number of benzene rings is 2. The fourth-order valence-corrected chi connectivity index (χ4v) is 2.56. The Kier molecular flexibility index (Phi) is 6.52. The van der Waals surface area contributed by atoms with Crippen molar-refractivity contribution in [1.82, 2.24) is 5.32 Å². The third-order valence-corrected chi connectivity index (χ3v) is 4.13. The summed E-state index contributed by atoms with van der Waals surface area (Å²) in [6.07, 6.45) is 0.559. The molecule has 5 nitrogen and oxygen atoms in total. The van der Waals surface area contributed by atoms with Gasteiger partial charge in [-0.25, -0.2) is 4.79 Å². The molecule has 1 amide bonds. The maximum atomic E-state index is 12.2. The number of carbonyl (C=O) groups is 2. The maximum absolute atomic E-state index is 12.2. The van der Waals surface area contributed by atoms with Crippen LogP contribution in [0.1, 0.15) is 11.1 Å². The fourth-order valence-electron chi connectivity index (χ4n) is 2.30. The molecule has 2 aromatic rings. The number of rotatable bonds is 7. The van der Waals surface area contributed by atoms with Gasteiger partial charge in [-0.2, -0.15) is 0 Å². The lowest BCUT2D eigenvalue weighted by atomic mass is 10.0. The fraction of sp³-hybridized carbons (Fsp3) is 0.222. The van der Waals surface area contributed by atoms with E-state index in [1.54, 1.807) is 0 Å². The number of carbonyl (C=O) groups excluding carboxylic acids is 1. The number of carboxylic acids is 1. The first-order valence-electron chi connectivity index (χ1n) is 7.53. The molecular formula is C18H19BrN2O3. The molecule has 24 heavy (non-hydrogen) atoms. The van der Waals surface area contributed by atoms with E-state index in [0.717, 1.165) is 15.6 Å². The summed E-state index contributed by atoms with van der Waals surface area (Å²) < 4.78 is 0.909. The highest BCUT2D eigenvalue weighted by molar-refractivity contribution is 9.10. The van der Waals surface area contributed by atoms with Gasteiger partial charge in [-0.05, 0) is 29.7 Å². The van der Waals surface area contributed by atoms with Gasteiger partial charge in [0.25, 0.3) is 0 Å². The standard InChI is InChI=1S/C18H19BrN2O3/c19-14-8-6-13(7-9-14)11-16(18(23)24)21-17(22)15(20)10-12-4-2-1-3-5-12/h1-9,15-16H,10-11,20H2,(H,21,22)(H,23,24)/t15-,16-/m0/s1. The Morgan fingerprint density at radius 1 is 1.00 bits per heavy atom. The molecule has 2 rings (SSSR count). The smallest absolute Gasteiger partial charge is 0.326 e. The van der Waals surface area contributed by atoms with Crippen molar-refractivity contribution >= 4 is 27.8 Å². The van der Waals surface area contributed by atoms with Crippen molar-refractivity contribution in [1.29, 1.82) is 0 Å². The van der Waals surface area contributed by atoms with Gasteiger partial charge in [-0.15, -0.1) is 0 Å². The summed E-state index contributed by atoms with van der Waals surface area (Å²) in [5, 5.41) is 11.9. The highest BCUT2D eigenvalue weighted by Crippen LogP contribution is 2.12. The van der Waals surface area contributed by atoms with Crippen LogP contribution in [-0.2, 0) is 22.4 Å². The Morgan fingerprint density at radius 2 is 1.58 bits per heavy atom. The molecule has 2 atom stereocenters. The number of carboxylic acid groups (broad SMARTS) is 1. The van der Waals surface area contributed by atoms with Crippen LogP contribution in [0.3, 0.4) is 0 Å². The molecule has 0 fully saturated rings. The predicted molar refractivity (Wildman–Crippen MR) is 95.5 cm³/mol. The highest BCUT2D eigenvalue weighted by atomic mass is 79.9. The lowest BCUT2D eigenvalue weighted by Crippen LogP contribution is -2.50. The quantitative estimate of drug-likeness (QED) is 0.674. The number of nitrogens with two attached hydrogens (primary N) is 1. The minimum absolute atomic E-state index is 0.201. The van der Waals surface area contributed by atoms with Crippen LogP contribution in [-0.4, -0.2) is 29.1 Å². The lowest BCUT2D eigenvalue weighted by molar-refractivity contribution is -0.141. The van der Waals surface area contributed by atoms with Crippen LogP contribution in [0, 0.1) is 0 Å². The zero-order valence-electron chi connectivity index (χ0n) is 13.0. The van der Waals surface area contributed by atoms with Crippen molar-refractivity contribution in [2.45, 2.75) is 24.9 Å². The summed E-state index contributed by atoms with van der Waals surface area (Å²) in [5.41, 5.74) is 7.65. The molecule has 0 aromatic heterocycles. The molecule has 0 bridgehead atoms. The van der Waals surface area contributed by atoms with Gasteiger partial charge in [0.05, 0.1) is 6.04 Å². The Balaban J connectivity index is 1.97. The second-order valence-corrected chi connectivity index (χ2v) is 6.44. The van der Waals surface area contributed by atoms with Gasteiger partial charge in [0.15, 0.2) is 0 Å². The first-order valence-corrected chi connectivity index (χ1v) is 8.32. The predicted octanol–water partition coefficient (Wildman–Crippen LogP) is 2.13. The average Bonchev–Trinajstić information content (AvgIpc) is 2.56. The first-order chi connectivity index (χ1) is 11.5. The van der Waals surface area contributed by atoms with Crippen LogP contribution in [0.5, 0.6) is 0 Å². The monoisotopic (exact) mass is 390 g/mol. The van der Waals surface area contributed by atoms with Crippen LogP contribution < -0.4 is 11.1 Å². The van der Waals surface area contributed by atoms with E-state index in [0.29, 0.717) is 6.42 Å². The van der Waals surface area contributed by atoms with Crippen molar-refractivity contribution in [2.75, 3.05) is 0 Å². The van der Waals surface area contributed by atoms with E-state index in [2.05, 4.69) is 21.2 Å². The lowest BCUT2D eigenvalue weighted by Gasteiger charge is -2.18. The SMILES string of the molecule is N[C@@H](Cc1ccccc1)C(=O)N[C@@H](Cc1ccc(Br)cc1)C(=O)O. The van der Waals surface area contributed by atoms with Gasteiger partial charge in [-0.3, -0.25) is 4.79 Å². The molecule has 4 N–H and O–H groups in total. The molecule has 0 unspecified atom stereocenters. The van der Waals surface area contributed by atoms with Gasteiger partial charge >= 0.3 is 5.97 Å². The summed E-state index contributed by atoms with van der Waals surface area (Å²) in [6.45, 7) is 0. The van der Waals surface area contributed by atoms with Gasteiger partial charge in [-0.1, -0.05) is 58.4 Å². The zero-order chi connectivity index (χ0) is 17.5. The molecule has 0 spiro atoms. The van der Waals surface area contributed by atoms with E-state index in [-0.39, 0.29) is 6.42 Å². The van der Waals surface area contributed by atoms with Crippen LogP contribution in [0.4, 0.5) is 0 Å². The normalized spacial score (nSPS) is 13.1. The molecule has 0 saturated heterocycles. The molecule has 0 saturated carbocycles. The van der Waals surface area contributed by atoms with E-state index in [1.165, 1.54) is 0 Å². The third-order valence-electron chi connectivity index (χ3n) is 3.60. The Bertz CT molecular complexity index is 689. The van der Waals surface area contributed by atoms with E-state index in [9.17, 15) is 14.7 Å². The van der Waals surface area contributed by atoms with E-state index < -0.39 is 24.0 Å². The highest BCUT2D eigenvalue weighted by Gasteiger charge is 2.23. The van der Waals surface area contributed by atoms with Crippen molar-refractivity contribution in [2.24, 2.45) is 5.73 Å². The van der Waals surface area contributed by atoms with Gasteiger partial charge < -0.3 is 16.2 Å². The van der Waals surface area contributed by atoms with Crippen LogP contribution in [0.25, 0.3) is 0 Å². The Labute approximate surface area is 149 Å². The minimum atomic E-state index is -1.09. The van der Waals surface area contributed by atoms with E-state index in [4.69, 9.17) is 5.73 Å². The molecule has 6 heteroatoms. The molecule has 0 radical (unpaired) electrons. The summed E-state index contributed by atoms with van der Waals surface area (Å²) in [4.78, 5) is 23.6. The van der Waals surface area contributed by atoms with Crippen molar-refractivity contribution in [3.05, 3.63) is 70.2 Å². The number of halogens is 1. The largest absolute Gasteiger partial charge is 0.480 e. The van der Waals surface area contributed by atoms with Gasteiger partial charge in [0.1, 0.15) is 6.04 Å². The van der Waals surface area contributed by atoms with Gasteiger partial charge in [0, 0.05) is 10.9 Å². The van der Waals surface area contributed by atoms with Crippen LogP contribution in [0.2, 0.25) is 0 Å². The number of aliphatic carboxylic acids is 1. The maximum Gasteiger partial charge on any atom is 0.326 e. The second kappa shape index (κ2) is 8.61. The second-order valence-electron chi connectivity index (χ2n) is 5.53. The summed E-state index contributed by atoms with van der Waals surface area (Å²) in [7, 11) is 0. The summed E-state index contributed by atoms with van der Waals surface area (Å²) in [6, 6.07) is 14.9. The molecule has 0 aliphatic rings. The molecule has 2 aromatic carbocycles. The molecule has 0 aliphatic carbocycles. The van der Waals surface area contributed by atoms with Crippen molar-refractivity contribution in [3.63, 3.8) is 0 Å². The number of amides is 1. The summed E-state index contributed by atoms with van der Waals surface area (Å²) in [5.74, 6) is -1.55. The molecule has 0 heterocycles. The molecule has 126 valence electrons. The van der Waals surface area contributed by atoms with Crippen molar-refractivity contribution < 1.29 is 14.7 Å². The molecule has 0 aliphatic heterocycles. The Morgan fingerprint density at radius 3 is 2.17 bits per heavy atom. The zero-order valence-corrected chi connectivity index (χ0v) is 14.6. The van der Waals surface area contributed by atoms with Crippen molar-refractivity contribution in [3.8, 4) is 0 Å². The van der Waals surface area contributed by atoms with Crippen LogP contribution in [0.15, 0.2) is 59.1 Å².